The first-order valence-corrected chi connectivity index (χ1v) is 10.1. The molecule has 0 saturated carbocycles. The highest BCUT2D eigenvalue weighted by Crippen LogP contribution is 2.17. The maximum absolute atomic E-state index is 12.2. The summed E-state index contributed by atoms with van der Waals surface area (Å²) >= 11 is 5.77. The Bertz CT molecular complexity index is 983. The summed E-state index contributed by atoms with van der Waals surface area (Å²) in [5.74, 6) is -0.136. The number of unbranched alkanes of at least 4 members (excludes halogenated alkanes) is 1. The number of nitrogens with two attached hydrogens (primary N) is 5. The summed E-state index contributed by atoms with van der Waals surface area (Å²) in [7, 11) is 0. The van der Waals surface area contributed by atoms with Crippen LogP contribution >= 0.6 is 36.4 Å². The minimum absolute atomic E-state index is 0. The molecule has 2 rings (SSSR count). The fourth-order valence-corrected chi connectivity index (χ4v) is 2.68. The third-order valence-corrected chi connectivity index (χ3v) is 4.37. The van der Waals surface area contributed by atoms with Crippen LogP contribution in [0.4, 0.5) is 11.6 Å². The Morgan fingerprint density at radius 3 is 2.29 bits per heavy atom. The number of ether oxygens (including phenoxy) is 1. The normalized spacial score (nSPS) is 10.4. The number of amides is 1. The first-order chi connectivity index (χ1) is 15.3. The zero-order valence-electron chi connectivity index (χ0n) is 18.2. The summed E-state index contributed by atoms with van der Waals surface area (Å²) in [4.78, 5) is 27.7. The number of carbonyl (C=O) groups is 1. The Morgan fingerprint density at radius 1 is 0.971 bits per heavy atom. The van der Waals surface area contributed by atoms with Crippen LogP contribution in [0.3, 0.4) is 0 Å². The molecule has 188 valence electrons. The molecule has 34 heavy (non-hydrogen) atoms. The number of halogens is 3. The molecule has 0 saturated heterocycles. The molecule has 0 aliphatic heterocycles. The van der Waals surface area contributed by atoms with Gasteiger partial charge >= 0.3 is 0 Å². The number of aryl methyl sites for hydroxylation is 1. The number of nitrogens with one attached hydrogen (secondary N) is 1. The number of hydrogen-bond donors (Lipinski definition) is 6. The SMILES string of the molecule is Cl.Cl.NC(N)=NCCOc1ccc(CCCCN=C(N)NC(=O)c2nc(Cl)c(N)nc2N)cc1. The standard InChI is InChI=1S/C19H27ClN10O2.2ClH/c20-14-16(22)29-15(21)13(28-14)17(31)30-19(25)27-8-2-1-3-11-4-6-12(7-5-11)32-10-9-26-18(23)24;;/h4-7H,1-3,8-10H2,(H4,21,22,29)(H4,23,24,26)(H3,25,27,30,31);2*1H. The lowest BCUT2D eigenvalue weighted by atomic mass is 10.1. The van der Waals surface area contributed by atoms with E-state index in [1.807, 2.05) is 24.3 Å². The molecule has 0 spiro atoms. The van der Waals surface area contributed by atoms with Gasteiger partial charge < -0.3 is 33.4 Å². The van der Waals surface area contributed by atoms with Crippen molar-refractivity contribution in [3.05, 3.63) is 40.7 Å². The third-order valence-electron chi connectivity index (χ3n) is 4.09. The van der Waals surface area contributed by atoms with E-state index in [0.717, 1.165) is 25.0 Å². The van der Waals surface area contributed by atoms with Gasteiger partial charge in [0.25, 0.3) is 5.91 Å². The number of nitrogens with zero attached hydrogens (tertiary/aromatic N) is 4. The van der Waals surface area contributed by atoms with Gasteiger partial charge in [0, 0.05) is 6.54 Å². The number of carbonyl (C=O) groups excluding carboxylic acids is 1. The highest BCUT2D eigenvalue weighted by molar-refractivity contribution is 6.31. The minimum Gasteiger partial charge on any atom is -0.492 e. The minimum atomic E-state index is -0.668. The van der Waals surface area contributed by atoms with Crippen molar-refractivity contribution in [1.29, 1.82) is 0 Å². The smallest absolute Gasteiger partial charge is 0.280 e. The Hall–Kier alpha value is -3.22. The van der Waals surface area contributed by atoms with Gasteiger partial charge in [-0.1, -0.05) is 23.7 Å². The zero-order valence-corrected chi connectivity index (χ0v) is 20.6. The molecule has 1 aromatic carbocycles. The highest BCUT2D eigenvalue weighted by atomic mass is 35.5. The number of guanidine groups is 2. The van der Waals surface area contributed by atoms with Crippen molar-refractivity contribution >= 4 is 65.9 Å². The second kappa shape index (κ2) is 15.6. The molecule has 0 aliphatic rings. The first-order valence-electron chi connectivity index (χ1n) is 9.73. The van der Waals surface area contributed by atoms with E-state index >= 15 is 0 Å². The molecule has 11 N–H and O–H groups in total. The van der Waals surface area contributed by atoms with E-state index in [-0.39, 0.29) is 59.2 Å². The highest BCUT2D eigenvalue weighted by Gasteiger charge is 2.16. The van der Waals surface area contributed by atoms with E-state index in [2.05, 4.69) is 25.3 Å². The topological polar surface area (TPSA) is 219 Å². The second-order valence-electron chi connectivity index (χ2n) is 6.61. The molecule has 2 aromatic rings. The van der Waals surface area contributed by atoms with Crippen molar-refractivity contribution < 1.29 is 9.53 Å². The Morgan fingerprint density at radius 2 is 1.65 bits per heavy atom. The summed E-state index contributed by atoms with van der Waals surface area (Å²) < 4.78 is 5.55. The Labute approximate surface area is 214 Å². The van der Waals surface area contributed by atoms with Crippen molar-refractivity contribution in [2.45, 2.75) is 19.3 Å². The van der Waals surface area contributed by atoms with E-state index in [1.54, 1.807) is 0 Å². The zero-order chi connectivity index (χ0) is 23.5. The number of benzene rings is 1. The second-order valence-corrected chi connectivity index (χ2v) is 6.97. The Kier molecular flexibility index (Phi) is 14.1. The van der Waals surface area contributed by atoms with Crippen LogP contribution in [-0.4, -0.2) is 47.5 Å². The van der Waals surface area contributed by atoms with Gasteiger partial charge in [-0.3, -0.25) is 20.1 Å². The number of rotatable bonds is 10. The molecular formula is C19H29Cl3N10O2. The Balaban J connectivity index is 0.00000544. The molecule has 1 heterocycles. The molecule has 15 heteroatoms. The van der Waals surface area contributed by atoms with E-state index in [9.17, 15) is 4.79 Å². The van der Waals surface area contributed by atoms with E-state index in [1.165, 1.54) is 5.56 Å². The number of nitrogen functional groups attached to an aromatic ring is 2. The maximum atomic E-state index is 12.2. The summed E-state index contributed by atoms with van der Waals surface area (Å²) in [5, 5.41) is 2.28. The fourth-order valence-electron chi connectivity index (χ4n) is 2.55. The van der Waals surface area contributed by atoms with Crippen LogP contribution < -0.4 is 38.7 Å². The molecule has 0 atom stereocenters. The molecular weight excluding hydrogens is 507 g/mol. The van der Waals surface area contributed by atoms with Gasteiger partial charge in [0.05, 0.1) is 6.54 Å². The summed E-state index contributed by atoms with van der Waals surface area (Å²) in [6.07, 6.45) is 2.54. The van der Waals surface area contributed by atoms with Crippen molar-refractivity contribution in [1.82, 2.24) is 15.3 Å². The predicted octanol–water partition coefficient (Wildman–Crippen LogP) is 0.858. The van der Waals surface area contributed by atoms with E-state index in [4.69, 9.17) is 45.0 Å². The fraction of sp³-hybridized carbons (Fsp3) is 0.316. The van der Waals surface area contributed by atoms with Gasteiger partial charge in [0.2, 0.25) is 0 Å². The number of hydrogen-bond acceptors (Lipinski definition) is 8. The van der Waals surface area contributed by atoms with Crippen LogP contribution in [0.2, 0.25) is 5.15 Å². The lowest BCUT2D eigenvalue weighted by Gasteiger charge is -2.07. The van der Waals surface area contributed by atoms with Crippen LogP contribution in [0.15, 0.2) is 34.3 Å². The van der Waals surface area contributed by atoms with Gasteiger partial charge in [0.1, 0.15) is 12.4 Å². The lowest BCUT2D eigenvalue weighted by Crippen LogP contribution is -2.38. The van der Waals surface area contributed by atoms with Crippen LogP contribution in [0.5, 0.6) is 5.75 Å². The molecule has 0 fully saturated rings. The van der Waals surface area contributed by atoms with E-state index < -0.39 is 5.91 Å². The molecule has 0 bridgehead atoms. The summed E-state index contributed by atoms with van der Waals surface area (Å²) in [5.41, 5.74) is 28.4. The van der Waals surface area contributed by atoms with Gasteiger partial charge in [-0.2, -0.15) is 0 Å². The van der Waals surface area contributed by atoms with E-state index in [0.29, 0.717) is 19.7 Å². The van der Waals surface area contributed by atoms with Crippen molar-refractivity contribution in [2.24, 2.45) is 27.2 Å². The molecule has 1 aromatic heterocycles. The average molecular weight is 536 g/mol. The molecule has 1 amide bonds. The maximum Gasteiger partial charge on any atom is 0.280 e. The molecule has 0 radical (unpaired) electrons. The van der Waals surface area contributed by atoms with Crippen LogP contribution in [0, 0.1) is 0 Å². The van der Waals surface area contributed by atoms with Gasteiger partial charge in [-0.05, 0) is 37.0 Å². The van der Waals surface area contributed by atoms with Crippen LogP contribution in [0.25, 0.3) is 0 Å². The monoisotopic (exact) mass is 534 g/mol. The van der Waals surface area contributed by atoms with Crippen LogP contribution in [-0.2, 0) is 6.42 Å². The summed E-state index contributed by atoms with van der Waals surface area (Å²) in [6, 6.07) is 7.79. The number of aliphatic imine (C=N–C) groups is 2. The van der Waals surface area contributed by atoms with Gasteiger partial charge in [0.15, 0.2) is 34.4 Å². The largest absolute Gasteiger partial charge is 0.492 e. The molecule has 0 aliphatic carbocycles. The van der Waals surface area contributed by atoms with Crippen molar-refractivity contribution in [3.63, 3.8) is 0 Å². The van der Waals surface area contributed by atoms with Crippen LogP contribution in [0.1, 0.15) is 28.9 Å². The average Bonchev–Trinajstić information content (AvgIpc) is 2.74. The number of anilines is 2. The van der Waals surface area contributed by atoms with Gasteiger partial charge in [-0.25, -0.2) is 9.97 Å². The first kappa shape index (κ1) is 30.8. The summed E-state index contributed by atoms with van der Waals surface area (Å²) in [6.45, 7) is 1.25. The quantitative estimate of drug-likeness (QED) is 0.144. The van der Waals surface area contributed by atoms with Crippen molar-refractivity contribution in [3.8, 4) is 5.75 Å². The van der Waals surface area contributed by atoms with Gasteiger partial charge in [-0.15, -0.1) is 24.8 Å². The molecule has 0 unspecified atom stereocenters. The number of aromatic nitrogens is 2. The van der Waals surface area contributed by atoms with Crippen molar-refractivity contribution in [2.75, 3.05) is 31.2 Å². The molecule has 12 nitrogen and oxygen atoms in total. The predicted molar refractivity (Wildman–Crippen MR) is 140 cm³/mol. The third kappa shape index (κ3) is 10.6. The lowest BCUT2D eigenvalue weighted by molar-refractivity contribution is 0.0972.